The second kappa shape index (κ2) is 6.92. The van der Waals surface area contributed by atoms with Crippen molar-refractivity contribution in [1.82, 2.24) is 4.90 Å². The van der Waals surface area contributed by atoms with Crippen LogP contribution in [-0.4, -0.2) is 24.6 Å². The summed E-state index contributed by atoms with van der Waals surface area (Å²) in [5.74, 6) is 0.901. The molecular formula is C16H26N2O. The number of benzene rings is 1. The maximum absolute atomic E-state index is 5.78. The third-order valence-corrected chi connectivity index (χ3v) is 3.81. The van der Waals surface area contributed by atoms with Crippen LogP contribution in [0.1, 0.15) is 43.7 Å². The minimum absolute atomic E-state index is 0.537. The molecule has 2 N–H and O–H groups in total. The Kier molecular flexibility index (Phi) is 5.23. The van der Waals surface area contributed by atoms with E-state index in [-0.39, 0.29) is 0 Å². The fraction of sp³-hybridized carbons (Fsp3) is 0.625. The van der Waals surface area contributed by atoms with Crippen LogP contribution >= 0.6 is 0 Å². The van der Waals surface area contributed by atoms with Gasteiger partial charge >= 0.3 is 0 Å². The minimum Gasteiger partial charge on any atom is -0.496 e. The van der Waals surface area contributed by atoms with E-state index in [4.69, 9.17) is 10.5 Å². The maximum Gasteiger partial charge on any atom is 0.123 e. The highest BCUT2D eigenvalue weighted by atomic mass is 16.5. The summed E-state index contributed by atoms with van der Waals surface area (Å²) >= 11 is 0. The van der Waals surface area contributed by atoms with Crippen molar-refractivity contribution in [3.05, 3.63) is 29.3 Å². The molecule has 0 aliphatic heterocycles. The van der Waals surface area contributed by atoms with Gasteiger partial charge in [0.25, 0.3) is 0 Å². The van der Waals surface area contributed by atoms with Gasteiger partial charge in [-0.2, -0.15) is 0 Å². The number of methoxy groups -OCH3 is 1. The Balaban J connectivity index is 2.03. The lowest BCUT2D eigenvalue weighted by atomic mass is 10.1. The number of nitrogens with zero attached hydrogens (tertiary/aromatic N) is 1. The van der Waals surface area contributed by atoms with Gasteiger partial charge in [-0.3, -0.25) is 4.90 Å². The molecule has 0 atom stereocenters. The summed E-state index contributed by atoms with van der Waals surface area (Å²) in [5.41, 5.74) is 8.24. The SMILES string of the molecule is CCCCN(Cc1ccc(OC)c(CN)c1)C1CC1. The van der Waals surface area contributed by atoms with Gasteiger partial charge < -0.3 is 10.5 Å². The Morgan fingerprint density at radius 1 is 1.37 bits per heavy atom. The van der Waals surface area contributed by atoms with Gasteiger partial charge in [0.2, 0.25) is 0 Å². The molecule has 106 valence electrons. The normalized spacial score (nSPS) is 14.9. The van der Waals surface area contributed by atoms with Gasteiger partial charge in [0.15, 0.2) is 0 Å². The van der Waals surface area contributed by atoms with Gasteiger partial charge in [0.05, 0.1) is 7.11 Å². The van der Waals surface area contributed by atoms with E-state index in [9.17, 15) is 0 Å². The first-order chi connectivity index (χ1) is 9.28. The van der Waals surface area contributed by atoms with Crippen LogP contribution in [0, 0.1) is 0 Å². The van der Waals surface area contributed by atoms with E-state index in [0.29, 0.717) is 6.54 Å². The fourth-order valence-corrected chi connectivity index (χ4v) is 2.52. The smallest absolute Gasteiger partial charge is 0.123 e. The standard InChI is InChI=1S/C16H26N2O/c1-3-4-9-18(15-6-7-15)12-13-5-8-16(19-2)14(10-13)11-17/h5,8,10,15H,3-4,6-7,9,11-12,17H2,1-2H3. The highest BCUT2D eigenvalue weighted by Crippen LogP contribution is 2.29. The third kappa shape index (κ3) is 3.95. The quantitative estimate of drug-likeness (QED) is 0.783. The summed E-state index contributed by atoms with van der Waals surface area (Å²) in [6.07, 6.45) is 5.28. The van der Waals surface area contributed by atoms with E-state index in [1.807, 2.05) is 6.07 Å². The van der Waals surface area contributed by atoms with Crippen LogP contribution in [0.5, 0.6) is 5.75 Å². The Labute approximate surface area is 116 Å². The van der Waals surface area contributed by atoms with Crippen molar-refractivity contribution in [2.45, 2.75) is 51.7 Å². The molecule has 1 saturated carbocycles. The van der Waals surface area contributed by atoms with Crippen LogP contribution in [-0.2, 0) is 13.1 Å². The lowest BCUT2D eigenvalue weighted by molar-refractivity contribution is 0.250. The van der Waals surface area contributed by atoms with Gasteiger partial charge in [-0.15, -0.1) is 0 Å². The predicted octanol–water partition coefficient (Wildman–Crippen LogP) is 2.92. The van der Waals surface area contributed by atoms with Gasteiger partial charge in [0, 0.05) is 24.7 Å². The van der Waals surface area contributed by atoms with Crippen LogP contribution in [0.2, 0.25) is 0 Å². The molecule has 0 spiro atoms. The zero-order valence-corrected chi connectivity index (χ0v) is 12.2. The molecule has 0 aromatic heterocycles. The number of nitrogens with two attached hydrogens (primary N) is 1. The molecule has 0 unspecified atom stereocenters. The van der Waals surface area contributed by atoms with Gasteiger partial charge in [-0.25, -0.2) is 0 Å². The Morgan fingerprint density at radius 3 is 2.74 bits per heavy atom. The van der Waals surface area contributed by atoms with Gasteiger partial charge in [-0.1, -0.05) is 19.4 Å². The van der Waals surface area contributed by atoms with Crippen LogP contribution in [0.3, 0.4) is 0 Å². The van der Waals surface area contributed by atoms with Crippen LogP contribution < -0.4 is 10.5 Å². The molecule has 19 heavy (non-hydrogen) atoms. The van der Waals surface area contributed by atoms with Crippen molar-refractivity contribution in [2.24, 2.45) is 5.73 Å². The molecule has 0 radical (unpaired) electrons. The van der Waals surface area contributed by atoms with Crippen molar-refractivity contribution < 1.29 is 4.74 Å². The van der Waals surface area contributed by atoms with Crippen molar-refractivity contribution in [1.29, 1.82) is 0 Å². The summed E-state index contributed by atoms with van der Waals surface area (Å²) in [4.78, 5) is 2.62. The lowest BCUT2D eigenvalue weighted by Crippen LogP contribution is -2.26. The lowest BCUT2D eigenvalue weighted by Gasteiger charge is -2.22. The van der Waals surface area contributed by atoms with Crippen molar-refractivity contribution in [2.75, 3.05) is 13.7 Å². The zero-order chi connectivity index (χ0) is 13.7. The molecule has 0 amide bonds. The third-order valence-electron chi connectivity index (χ3n) is 3.81. The fourth-order valence-electron chi connectivity index (χ4n) is 2.52. The number of ether oxygens (including phenoxy) is 1. The minimum atomic E-state index is 0.537. The van der Waals surface area contributed by atoms with E-state index in [2.05, 4.69) is 24.0 Å². The number of hydrogen-bond donors (Lipinski definition) is 1. The summed E-state index contributed by atoms with van der Waals surface area (Å²) in [6.45, 7) is 5.05. The molecule has 1 aromatic carbocycles. The predicted molar refractivity (Wildman–Crippen MR) is 79.2 cm³/mol. The molecule has 0 saturated heterocycles. The van der Waals surface area contributed by atoms with Crippen molar-refractivity contribution >= 4 is 0 Å². The number of unbranched alkanes of at least 4 members (excludes halogenated alkanes) is 1. The average Bonchev–Trinajstić information content (AvgIpc) is 3.27. The van der Waals surface area contributed by atoms with Gasteiger partial charge in [-0.05, 0) is 43.5 Å². The maximum atomic E-state index is 5.78. The molecule has 3 heteroatoms. The van der Waals surface area contributed by atoms with E-state index in [0.717, 1.165) is 23.9 Å². The molecule has 1 aromatic rings. The molecular weight excluding hydrogens is 236 g/mol. The van der Waals surface area contributed by atoms with Crippen molar-refractivity contribution in [3.8, 4) is 5.75 Å². The highest BCUT2D eigenvalue weighted by Gasteiger charge is 2.28. The highest BCUT2D eigenvalue weighted by molar-refractivity contribution is 5.37. The Hall–Kier alpha value is -1.06. The van der Waals surface area contributed by atoms with Crippen LogP contribution in [0.4, 0.5) is 0 Å². The zero-order valence-electron chi connectivity index (χ0n) is 12.2. The molecule has 1 aliphatic rings. The summed E-state index contributed by atoms with van der Waals surface area (Å²) < 4.78 is 5.33. The van der Waals surface area contributed by atoms with E-state index in [1.165, 1.54) is 37.8 Å². The van der Waals surface area contributed by atoms with Crippen molar-refractivity contribution in [3.63, 3.8) is 0 Å². The molecule has 2 rings (SSSR count). The Morgan fingerprint density at radius 2 is 2.16 bits per heavy atom. The second-order valence-corrected chi connectivity index (χ2v) is 5.41. The van der Waals surface area contributed by atoms with E-state index in [1.54, 1.807) is 7.11 Å². The molecule has 0 heterocycles. The molecule has 3 nitrogen and oxygen atoms in total. The monoisotopic (exact) mass is 262 g/mol. The largest absolute Gasteiger partial charge is 0.496 e. The molecule has 0 bridgehead atoms. The summed E-state index contributed by atoms with van der Waals surface area (Å²) in [5, 5.41) is 0. The average molecular weight is 262 g/mol. The van der Waals surface area contributed by atoms with Gasteiger partial charge in [0.1, 0.15) is 5.75 Å². The van der Waals surface area contributed by atoms with Crippen LogP contribution in [0.15, 0.2) is 18.2 Å². The number of hydrogen-bond acceptors (Lipinski definition) is 3. The topological polar surface area (TPSA) is 38.5 Å². The summed E-state index contributed by atoms with van der Waals surface area (Å²) in [6, 6.07) is 7.22. The molecule has 1 aliphatic carbocycles. The van der Waals surface area contributed by atoms with E-state index >= 15 is 0 Å². The summed E-state index contributed by atoms with van der Waals surface area (Å²) in [7, 11) is 1.70. The first-order valence-corrected chi connectivity index (χ1v) is 7.38. The number of rotatable bonds is 8. The Bertz CT molecular complexity index is 402. The van der Waals surface area contributed by atoms with E-state index < -0.39 is 0 Å². The first-order valence-electron chi connectivity index (χ1n) is 7.38. The first kappa shape index (κ1) is 14.4. The molecule has 1 fully saturated rings. The second-order valence-electron chi connectivity index (χ2n) is 5.41. The van der Waals surface area contributed by atoms with Crippen LogP contribution in [0.25, 0.3) is 0 Å².